The van der Waals surface area contributed by atoms with E-state index in [4.69, 9.17) is 0 Å². The van der Waals surface area contributed by atoms with Crippen LogP contribution in [0.4, 0.5) is 0 Å². The quantitative estimate of drug-likeness (QED) is 0.741. The van der Waals surface area contributed by atoms with Gasteiger partial charge in [-0.25, -0.2) is 0 Å². The molecule has 0 N–H and O–H groups in total. The van der Waals surface area contributed by atoms with Gasteiger partial charge in [-0.1, -0.05) is 6.42 Å². The van der Waals surface area contributed by atoms with Gasteiger partial charge in [0.1, 0.15) is 0 Å². The van der Waals surface area contributed by atoms with E-state index >= 15 is 0 Å². The van der Waals surface area contributed by atoms with Crippen LogP contribution in [0.5, 0.6) is 0 Å². The Labute approximate surface area is 102 Å². The zero-order chi connectivity index (χ0) is 10.5. The molecule has 1 aromatic heterocycles. The monoisotopic (exact) mass is 284 g/mol. The minimum absolute atomic E-state index is 0.320. The number of thiophene rings is 1. The van der Waals surface area contributed by atoms with Crippen LogP contribution < -0.4 is 0 Å². The number of hydrogen-bond donors (Lipinski definition) is 0. The standard InChI is InChI=1S/C12H13BrOS/c13-9-2-5-15-11(9)10(14)8-6-12(7-8)3-1-4-12/h2,5,8H,1,3-4,6-7H2. The highest BCUT2D eigenvalue weighted by atomic mass is 79.9. The summed E-state index contributed by atoms with van der Waals surface area (Å²) >= 11 is 5.00. The molecule has 0 atom stereocenters. The summed E-state index contributed by atoms with van der Waals surface area (Å²) in [6, 6.07) is 1.97. The summed E-state index contributed by atoms with van der Waals surface area (Å²) in [7, 11) is 0. The summed E-state index contributed by atoms with van der Waals surface area (Å²) in [5.41, 5.74) is 0.601. The molecule has 0 bridgehead atoms. The topological polar surface area (TPSA) is 17.1 Å². The van der Waals surface area contributed by atoms with E-state index in [1.165, 1.54) is 19.3 Å². The van der Waals surface area contributed by atoms with E-state index in [0.29, 0.717) is 17.1 Å². The maximum atomic E-state index is 12.1. The van der Waals surface area contributed by atoms with Gasteiger partial charge in [0.05, 0.1) is 4.88 Å². The number of hydrogen-bond acceptors (Lipinski definition) is 2. The first-order valence-electron chi connectivity index (χ1n) is 5.47. The van der Waals surface area contributed by atoms with Crippen molar-refractivity contribution in [3.63, 3.8) is 0 Å². The Kier molecular flexibility index (Phi) is 2.29. The van der Waals surface area contributed by atoms with Crippen molar-refractivity contribution in [1.29, 1.82) is 0 Å². The SMILES string of the molecule is O=C(c1sccc1Br)C1CC2(CCC2)C1. The molecule has 0 saturated heterocycles. The third-order valence-corrected chi connectivity index (χ3v) is 5.84. The summed E-state index contributed by atoms with van der Waals surface area (Å²) in [6.07, 6.45) is 6.40. The number of carbonyl (C=O) groups excluding carboxylic acids is 1. The molecule has 2 fully saturated rings. The highest BCUT2D eigenvalue weighted by Crippen LogP contribution is 2.59. The molecule has 0 aliphatic heterocycles. The van der Waals surface area contributed by atoms with Crippen LogP contribution in [0, 0.1) is 11.3 Å². The van der Waals surface area contributed by atoms with Gasteiger partial charge in [0.15, 0.2) is 5.78 Å². The van der Waals surface area contributed by atoms with E-state index in [9.17, 15) is 4.79 Å². The molecule has 0 amide bonds. The second-order valence-electron chi connectivity index (χ2n) is 4.92. The molecule has 2 saturated carbocycles. The first-order valence-corrected chi connectivity index (χ1v) is 7.15. The highest BCUT2D eigenvalue weighted by Gasteiger charge is 2.50. The van der Waals surface area contributed by atoms with Crippen LogP contribution in [0.3, 0.4) is 0 Å². The molecule has 1 aromatic rings. The van der Waals surface area contributed by atoms with Gasteiger partial charge in [0, 0.05) is 10.4 Å². The normalized spacial score (nSPS) is 23.5. The van der Waals surface area contributed by atoms with Gasteiger partial charge in [-0.05, 0) is 58.5 Å². The summed E-state index contributed by atoms with van der Waals surface area (Å²) in [5, 5.41) is 1.98. The van der Waals surface area contributed by atoms with Crippen LogP contribution in [0.15, 0.2) is 15.9 Å². The lowest BCUT2D eigenvalue weighted by atomic mass is 9.51. The molecule has 2 aliphatic carbocycles. The Morgan fingerprint density at radius 3 is 2.67 bits per heavy atom. The van der Waals surface area contributed by atoms with E-state index in [0.717, 1.165) is 22.2 Å². The molecule has 2 aliphatic rings. The fraction of sp³-hybridized carbons (Fsp3) is 0.583. The molecule has 0 radical (unpaired) electrons. The third kappa shape index (κ3) is 1.51. The minimum atomic E-state index is 0.320. The minimum Gasteiger partial charge on any atom is -0.293 e. The van der Waals surface area contributed by atoms with Crippen molar-refractivity contribution in [3.8, 4) is 0 Å². The Bertz CT molecular complexity index is 398. The molecule has 1 heterocycles. The fourth-order valence-corrected chi connectivity index (χ4v) is 4.50. The second-order valence-corrected chi connectivity index (χ2v) is 6.69. The van der Waals surface area contributed by atoms with Crippen LogP contribution in [0.25, 0.3) is 0 Å². The first kappa shape index (κ1) is 10.0. The van der Waals surface area contributed by atoms with Gasteiger partial charge in [-0.15, -0.1) is 11.3 Å². The molecule has 0 aromatic carbocycles. The third-order valence-electron chi connectivity index (χ3n) is 3.98. The van der Waals surface area contributed by atoms with Crippen LogP contribution >= 0.6 is 27.3 Å². The van der Waals surface area contributed by atoms with Crippen molar-refractivity contribution in [2.24, 2.45) is 11.3 Å². The second kappa shape index (κ2) is 3.42. The van der Waals surface area contributed by atoms with Gasteiger partial charge < -0.3 is 0 Å². The number of rotatable bonds is 2. The molecular formula is C12H13BrOS. The fourth-order valence-electron chi connectivity index (χ4n) is 2.91. The summed E-state index contributed by atoms with van der Waals surface area (Å²) < 4.78 is 0.979. The number of halogens is 1. The summed E-state index contributed by atoms with van der Waals surface area (Å²) in [4.78, 5) is 13.0. The van der Waals surface area contributed by atoms with Gasteiger partial charge in [-0.3, -0.25) is 4.79 Å². The molecular weight excluding hydrogens is 272 g/mol. The van der Waals surface area contributed by atoms with E-state index in [1.807, 2.05) is 11.4 Å². The average Bonchev–Trinajstić information content (AvgIpc) is 2.45. The van der Waals surface area contributed by atoms with Gasteiger partial charge >= 0.3 is 0 Å². The Morgan fingerprint density at radius 2 is 2.20 bits per heavy atom. The Hall–Kier alpha value is -0.150. The van der Waals surface area contributed by atoms with E-state index in [-0.39, 0.29) is 0 Å². The maximum absolute atomic E-state index is 12.1. The predicted molar refractivity (Wildman–Crippen MR) is 65.4 cm³/mol. The lowest BCUT2D eigenvalue weighted by Crippen LogP contribution is -2.45. The van der Waals surface area contributed by atoms with E-state index in [2.05, 4.69) is 15.9 Å². The molecule has 3 rings (SSSR count). The lowest BCUT2D eigenvalue weighted by molar-refractivity contribution is -0.0148. The number of Topliss-reactive ketones (excluding diaryl/α,β-unsaturated/α-hetero) is 1. The zero-order valence-electron chi connectivity index (χ0n) is 8.46. The van der Waals surface area contributed by atoms with E-state index < -0.39 is 0 Å². The number of ketones is 1. The molecule has 3 heteroatoms. The van der Waals surface area contributed by atoms with E-state index in [1.54, 1.807) is 11.3 Å². The molecule has 1 nitrogen and oxygen atoms in total. The van der Waals surface area contributed by atoms with Crippen molar-refractivity contribution < 1.29 is 4.79 Å². The Morgan fingerprint density at radius 1 is 1.47 bits per heavy atom. The van der Waals surface area contributed by atoms with Crippen molar-refractivity contribution in [2.45, 2.75) is 32.1 Å². The summed E-state index contributed by atoms with van der Waals surface area (Å²) in [6.45, 7) is 0. The summed E-state index contributed by atoms with van der Waals surface area (Å²) in [5.74, 6) is 0.689. The van der Waals surface area contributed by atoms with Crippen molar-refractivity contribution in [3.05, 3.63) is 20.8 Å². The molecule has 1 spiro atoms. The molecule has 80 valence electrons. The van der Waals surface area contributed by atoms with Gasteiger partial charge in [-0.2, -0.15) is 0 Å². The highest BCUT2D eigenvalue weighted by molar-refractivity contribution is 9.10. The van der Waals surface area contributed by atoms with Crippen LogP contribution in [0.1, 0.15) is 41.8 Å². The number of carbonyl (C=O) groups is 1. The zero-order valence-corrected chi connectivity index (χ0v) is 10.9. The van der Waals surface area contributed by atoms with Crippen LogP contribution in [-0.2, 0) is 0 Å². The Balaban J connectivity index is 1.70. The first-order chi connectivity index (χ1) is 7.20. The van der Waals surface area contributed by atoms with Crippen molar-refractivity contribution in [2.75, 3.05) is 0 Å². The van der Waals surface area contributed by atoms with Gasteiger partial charge in [0.25, 0.3) is 0 Å². The van der Waals surface area contributed by atoms with Crippen LogP contribution in [0.2, 0.25) is 0 Å². The smallest absolute Gasteiger partial charge is 0.177 e. The van der Waals surface area contributed by atoms with Crippen LogP contribution in [-0.4, -0.2) is 5.78 Å². The predicted octanol–water partition coefficient (Wildman–Crippen LogP) is 4.27. The van der Waals surface area contributed by atoms with Gasteiger partial charge in [0.2, 0.25) is 0 Å². The maximum Gasteiger partial charge on any atom is 0.177 e. The largest absolute Gasteiger partial charge is 0.293 e. The lowest BCUT2D eigenvalue weighted by Gasteiger charge is -2.53. The average molecular weight is 285 g/mol. The van der Waals surface area contributed by atoms with Crippen molar-refractivity contribution in [1.82, 2.24) is 0 Å². The molecule has 15 heavy (non-hydrogen) atoms. The molecule has 0 unspecified atom stereocenters. The van der Waals surface area contributed by atoms with Crippen molar-refractivity contribution >= 4 is 33.0 Å².